The van der Waals surface area contributed by atoms with E-state index in [9.17, 15) is 0 Å². The summed E-state index contributed by atoms with van der Waals surface area (Å²) in [5.74, 6) is 0.936. The van der Waals surface area contributed by atoms with Crippen LogP contribution in [0.3, 0.4) is 0 Å². The number of pyridine rings is 1. The van der Waals surface area contributed by atoms with Crippen LogP contribution in [0.25, 0.3) is 21.7 Å². The molecule has 0 aliphatic heterocycles. The van der Waals surface area contributed by atoms with Gasteiger partial charge in [-0.05, 0) is 55.4 Å². The van der Waals surface area contributed by atoms with E-state index in [1.807, 2.05) is 6.07 Å². The lowest BCUT2D eigenvalue weighted by molar-refractivity contribution is 0.410. The average Bonchev–Trinajstić information content (AvgIpc) is 2.84. The van der Waals surface area contributed by atoms with Gasteiger partial charge in [0, 0.05) is 48.7 Å². The van der Waals surface area contributed by atoms with Crippen LogP contribution in [0.4, 0.5) is 17.2 Å². The van der Waals surface area contributed by atoms with Crippen molar-refractivity contribution >= 4 is 56.2 Å². The highest BCUT2D eigenvalue weighted by Crippen LogP contribution is 2.34. The standard InChI is InChI=1S/C28H31N5S/c1-32(2)26-18-27(31-24-12-6-5-11-23(24)26)30-20-14-16-21(17-15-20)33(28(29)34)25-13-7-9-19-8-3-4-10-22(19)25/h3-13,18,20-21H,14-17H2,1-2H3,(H2,29,34)(H,30,31)/t20-,21+. The zero-order valence-corrected chi connectivity index (χ0v) is 20.6. The van der Waals surface area contributed by atoms with Gasteiger partial charge in [0.05, 0.1) is 11.2 Å². The van der Waals surface area contributed by atoms with E-state index in [1.165, 1.54) is 21.8 Å². The molecule has 1 aliphatic carbocycles. The SMILES string of the molecule is CN(C)c1cc(N[C@H]2CC[C@@H](N(C(N)=S)c3cccc4ccccc34)CC2)nc2ccccc12. The quantitative estimate of drug-likeness (QED) is 0.354. The van der Waals surface area contributed by atoms with E-state index >= 15 is 0 Å². The fraction of sp³-hybridized carbons (Fsp3) is 0.286. The maximum absolute atomic E-state index is 6.27. The Labute approximate surface area is 206 Å². The van der Waals surface area contributed by atoms with Gasteiger partial charge in [0.15, 0.2) is 5.11 Å². The Balaban J connectivity index is 1.34. The molecule has 0 saturated heterocycles. The molecule has 5 nitrogen and oxygen atoms in total. The molecule has 3 N–H and O–H groups in total. The number of anilines is 3. The zero-order valence-electron chi connectivity index (χ0n) is 19.7. The van der Waals surface area contributed by atoms with Gasteiger partial charge in [0.1, 0.15) is 5.82 Å². The molecule has 6 heteroatoms. The second-order valence-electron chi connectivity index (χ2n) is 9.29. The Hall–Kier alpha value is -3.38. The van der Waals surface area contributed by atoms with E-state index in [0.717, 1.165) is 42.7 Å². The minimum Gasteiger partial charge on any atom is -0.377 e. The summed E-state index contributed by atoms with van der Waals surface area (Å²) in [6.07, 6.45) is 4.12. The first-order valence-electron chi connectivity index (χ1n) is 11.9. The minimum atomic E-state index is 0.295. The first-order valence-corrected chi connectivity index (χ1v) is 12.3. The van der Waals surface area contributed by atoms with Crippen LogP contribution < -0.4 is 20.9 Å². The molecule has 5 rings (SSSR count). The molecule has 3 aromatic carbocycles. The topological polar surface area (TPSA) is 57.4 Å². The maximum atomic E-state index is 6.27. The van der Waals surface area contributed by atoms with Gasteiger partial charge in [-0.15, -0.1) is 0 Å². The van der Waals surface area contributed by atoms with Gasteiger partial charge < -0.3 is 20.9 Å². The molecule has 0 radical (unpaired) electrons. The molecule has 1 aliphatic rings. The largest absolute Gasteiger partial charge is 0.377 e. The van der Waals surface area contributed by atoms with Crippen molar-refractivity contribution in [3.05, 3.63) is 72.8 Å². The normalized spacial score (nSPS) is 18.1. The number of fused-ring (bicyclic) bond motifs is 2. The van der Waals surface area contributed by atoms with E-state index in [2.05, 4.69) is 95.9 Å². The average molecular weight is 470 g/mol. The van der Waals surface area contributed by atoms with Gasteiger partial charge in [-0.1, -0.05) is 54.6 Å². The number of nitrogens with one attached hydrogen (secondary N) is 1. The molecule has 34 heavy (non-hydrogen) atoms. The second kappa shape index (κ2) is 9.47. The van der Waals surface area contributed by atoms with Gasteiger partial charge in [0.2, 0.25) is 0 Å². The van der Waals surface area contributed by atoms with Crippen molar-refractivity contribution in [2.75, 3.05) is 29.2 Å². The molecule has 174 valence electrons. The lowest BCUT2D eigenvalue weighted by Gasteiger charge is -2.38. The summed E-state index contributed by atoms with van der Waals surface area (Å²) in [5, 5.41) is 7.71. The third-order valence-electron chi connectivity index (χ3n) is 6.85. The van der Waals surface area contributed by atoms with Crippen molar-refractivity contribution in [2.24, 2.45) is 5.73 Å². The molecule has 1 fully saturated rings. The van der Waals surface area contributed by atoms with Crippen molar-refractivity contribution in [3.63, 3.8) is 0 Å². The summed E-state index contributed by atoms with van der Waals surface area (Å²) in [7, 11) is 4.16. The predicted octanol–water partition coefficient (Wildman–Crippen LogP) is 5.93. The van der Waals surface area contributed by atoms with E-state index in [1.54, 1.807) is 0 Å². The van der Waals surface area contributed by atoms with E-state index in [0.29, 0.717) is 17.2 Å². The van der Waals surface area contributed by atoms with Gasteiger partial charge in [-0.3, -0.25) is 0 Å². The fourth-order valence-electron chi connectivity index (χ4n) is 5.20. The highest BCUT2D eigenvalue weighted by Gasteiger charge is 2.28. The van der Waals surface area contributed by atoms with Crippen LogP contribution >= 0.6 is 12.2 Å². The molecule has 0 amide bonds. The number of thiocarbonyl (C=S) groups is 1. The fourth-order valence-corrected chi connectivity index (χ4v) is 5.45. The Kier molecular flexibility index (Phi) is 6.24. The molecule has 0 spiro atoms. The van der Waals surface area contributed by atoms with Crippen molar-refractivity contribution in [3.8, 4) is 0 Å². The summed E-state index contributed by atoms with van der Waals surface area (Å²) in [6.45, 7) is 0. The highest BCUT2D eigenvalue weighted by atomic mass is 32.1. The number of rotatable bonds is 5. The molecule has 0 bridgehead atoms. The van der Waals surface area contributed by atoms with Crippen molar-refractivity contribution in [2.45, 2.75) is 37.8 Å². The highest BCUT2D eigenvalue weighted by molar-refractivity contribution is 7.80. The lowest BCUT2D eigenvalue weighted by atomic mass is 9.89. The summed E-state index contributed by atoms with van der Waals surface area (Å²) < 4.78 is 0. The van der Waals surface area contributed by atoms with Crippen LogP contribution in [0.5, 0.6) is 0 Å². The summed E-state index contributed by atoms with van der Waals surface area (Å²) in [5.41, 5.74) is 9.57. The molecule has 0 unspecified atom stereocenters. The molecule has 1 heterocycles. The van der Waals surface area contributed by atoms with Gasteiger partial charge in [0.25, 0.3) is 0 Å². The number of nitrogens with two attached hydrogens (primary N) is 1. The van der Waals surface area contributed by atoms with E-state index < -0.39 is 0 Å². The number of aromatic nitrogens is 1. The number of hydrogen-bond donors (Lipinski definition) is 2. The van der Waals surface area contributed by atoms with Crippen LogP contribution in [0, 0.1) is 0 Å². The summed E-state index contributed by atoms with van der Waals surface area (Å²) >= 11 is 5.53. The number of para-hydroxylation sites is 1. The van der Waals surface area contributed by atoms with Crippen molar-refractivity contribution in [1.82, 2.24) is 4.98 Å². The van der Waals surface area contributed by atoms with Gasteiger partial charge in [-0.25, -0.2) is 4.98 Å². The molecule has 1 aromatic heterocycles. The van der Waals surface area contributed by atoms with Crippen molar-refractivity contribution < 1.29 is 0 Å². The van der Waals surface area contributed by atoms with Crippen LogP contribution in [0.2, 0.25) is 0 Å². The first-order chi connectivity index (χ1) is 16.5. The third kappa shape index (κ3) is 4.38. The maximum Gasteiger partial charge on any atom is 0.171 e. The Morgan fingerprint density at radius 2 is 1.56 bits per heavy atom. The second-order valence-corrected chi connectivity index (χ2v) is 9.71. The van der Waals surface area contributed by atoms with Crippen LogP contribution in [-0.2, 0) is 0 Å². The third-order valence-corrected chi connectivity index (χ3v) is 7.05. The number of hydrogen-bond acceptors (Lipinski definition) is 4. The monoisotopic (exact) mass is 469 g/mol. The van der Waals surface area contributed by atoms with Crippen LogP contribution in [-0.4, -0.2) is 36.3 Å². The molecule has 4 aromatic rings. The zero-order chi connectivity index (χ0) is 23.7. The smallest absolute Gasteiger partial charge is 0.171 e. The van der Waals surface area contributed by atoms with E-state index in [-0.39, 0.29) is 0 Å². The lowest BCUT2D eigenvalue weighted by Crippen LogP contribution is -2.46. The summed E-state index contributed by atoms with van der Waals surface area (Å²) in [6, 6.07) is 25.9. The van der Waals surface area contributed by atoms with E-state index in [4.69, 9.17) is 22.9 Å². The molecule has 0 atom stereocenters. The van der Waals surface area contributed by atoms with Crippen LogP contribution in [0.15, 0.2) is 72.8 Å². The summed E-state index contributed by atoms with van der Waals surface area (Å²) in [4.78, 5) is 9.21. The first kappa shape index (κ1) is 22.4. The molecular formula is C28H31N5S. The number of benzene rings is 3. The minimum absolute atomic E-state index is 0.295. The number of nitrogens with zero attached hydrogens (tertiary/aromatic N) is 3. The van der Waals surface area contributed by atoms with Gasteiger partial charge in [-0.2, -0.15) is 0 Å². The van der Waals surface area contributed by atoms with Crippen molar-refractivity contribution in [1.29, 1.82) is 0 Å². The molecule has 1 saturated carbocycles. The Morgan fingerprint density at radius 1 is 0.882 bits per heavy atom. The Morgan fingerprint density at radius 3 is 2.29 bits per heavy atom. The molecular weight excluding hydrogens is 438 g/mol. The predicted molar refractivity (Wildman–Crippen MR) is 149 cm³/mol. The van der Waals surface area contributed by atoms with Crippen LogP contribution in [0.1, 0.15) is 25.7 Å². The van der Waals surface area contributed by atoms with Gasteiger partial charge >= 0.3 is 0 Å². The Bertz CT molecular complexity index is 1320.